The number of hydrogen-bond donors (Lipinski definition) is 2. The van der Waals surface area contributed by atoms with E-state index in [4.69, 9.17) is 11.2 Å². The van der Waals surface area contributed by atoms with Gasteiger partial charge in [0.25, 0.3) is 5.91 Å². The number of carbonyl (C=O) groups is 1. The number of halogens is 1. The first-order valence-electron chi connectivity index (χ1n) is 4.95. The SMILES string of the molecule is C#CCNc1ccc(C(=O)NC)cc1OCF. The summed E-state index contributed by atoms with van der Waals surface area (Å²) in [4.78, 5) is 11.4. The summed E-state index contributed by atoms with van der Waals surface area (Å²) >= 11 is 0. The van der Waals surface area contributed by atoms with Crippen LogP contribution in [0.2, 0.25) is 0 Å². The Morgan fingerprint density at radius 2 is 2.35 bits per heavy atom. The van der Waals surface area contributed by atoms with Crippen molar-refractivity contribution in [3.05, 3.63) is 23.8 Å². The zero-order valence-corrected chi connectivity index (χ0v) is 9.42. The molecule has 0 aliphatic heterocycles. The minimum atomic E-state index is -0.970. The van der Waals surface area contributed by atoms with Crippen molar-refractivity contribution in [1.82, 2.24) is 5.32 Å². The van der Waals surface area contributed by atoms with Gasteiger partial charge in [-0.25, -0.2) is 4.39 Å². The fourth-order valence-electron chi connectivity index (χ4n) is 1.28. The molecule has 0 heterocycles. The molecular weight excluding hydrogens is 223 g/mol. The van der Waals surface area contributed by atoms with E-state index in [0.29, 0.717) is 17.8 Å². The summed E-state index contributed by atoms with van der Waals surface area (Å²) < 4.78 is 17.0. The highest BCUT2D eigenvalue weighted by Crippen LogP contribution is 2.25. The summed E-state index contributed by atoms with van der Waals surface area (Å²) in [5.74, 6) is 2.38. The van der Waals surface area contributed by atoms with Crippen LogP contribution in [0.15, 0.2) is 18.2 Å². The minimum Gasteiger partial charge on any atom is -0.461 e. The third kappa shape index (κ3) is 3.38. The van der Waals surface area contributed by atoms with Crippen LogP contribution in [0.4, 0.5) is 10.1 Å². The van der Waals surface area contributed by atoms with E-state index in [1.54, 1.807) is 12.1 Å². The molecule has 0 aliphatic carbocycles. The standard InChI is InChI=1S/C12H13FN2O2/c1-3-6-15-10-5-4-9(12(16)14-2)7-11(10)17-8-13/h1,4-5,7,15H,6,8H2,2H3,(H,14,16). The molecule has 0 unspecified atom stereocenters. The first-order valence-corrected chi connectivity index (χ1v) is 4.95. The Morgan fingerprint density at radius 3 is 2.94 bits per heavy atom. The fourth-order valence-corrected chi connectivity index (χ4v) is 1.28. The molecule has 0 atom stereocenters. The van der Waals surface area contributed by atoms with Crippen molar-refractivity contribution in [3.63, 3.8) is 0 Å². The van der Waals surface area contributed by atoms with Gasteiger partial charge in [0, 0.05) is 12.6 Å². The van der Waals surface area contributed by atoms with Crippen LogP contribution in [0.5, 0.6) is 5.75 Å². The number of nitrogens with one attached hydrogen (secondary N) is 2. The zero-order valence-electron chi connectivity index (χ0n) is 9.42. The second-order valence-electron chi connectivity index (χ2n) is 3.10. The number of terminal acetylenes is 1. The Morgan fingerprint density at radius 1 is 1.59 bits per heavy atom. The number of carbonyl (C=O) groups excluding carboxylic acids is 1. The Kier molecular flexibility index (Phi) is 4.82. The first kappa shape index (κ1) is 12.8. The van der Waals surface area contributed by atoms with Crippen LogP contribution < -0.4 is 15.4 Å². The minimum absolute atomic E-state index is 0.254. The molecule has 90 valence electrons. The molecule has 0 bridgehead atoms. The number of amides is 1. The maximum Gasteiger partial charge on any atom is 0.251 e. The van der Waals surface area contributed by atoms with Crippen molar-refractivity contribution in [1.29, 1.82) is 0 Å². The van der Waals surface area contributed by atoms with Gasteiger partial charge in [-0.1, -0.05) is 5.92 Å². The van der Waals surface area contributed by atoms with Crippen LogP contribution in [0.3, 0.4) is 0 Å². The molecule has 0 spiro atoms. The smallest absolute Gasteiger partial charge is 0.251 e. The lowest BCUT2D eigenvalue weighted by Gasteiger charge is -2.11. The molecule has 0 saturated carbocycles. The van der Waals surface area contributed by atoms with E-state index in [0.717, 1.165) is 0 Å². The Hall–Kier alpha value is -2.22. The maximum absolute atomic E-state index is 12.2. The number of rotatable bonds is 5. The molecule has 0 aliphatic rings. The second-order valence-corrected chi connectivity index (χ2v) is 3.10. The van der Waals surface area contributed by atoms with Crippen LogP contribution >= 0.6 is 0 Å². The van der Waals surface area contributed by atoms with Crippen LogP contribution in [0, 0.1) is 12.3 Å². The van der Waals surface area contributed by atoms with Gasteiger partial charge in [0.2, 0.25) is 6.86 Å². The van der Waals surface area contributed by atoms with Gasteiger partial charge >= 0.3 is 0 Å². The fraction of sp³-hybridized carbons (Fsp3) is 0.250. The molecule has 5 heteroatoms. The lowest BCUT2D eigenvalue weighted by Crippen LogP contribution is -2.18. The van der Waals surface area contributed by atoms with E-state index >= 15 is 0 Å². The molecule has 0 aromatic heterocycles. The number of hydrogen-bond acceptors (Lipinski definition) is 3. The average Bonchev–Trinajstić information content (AvgIpc) is 2.36. The summed E-state index contributed by atoms with van der Waals surface area (Å²) in [6.45, 7) is -0.677. The Labute approximate surface area is 99.2 Å². The average molecular weight is 236 g/mol. The number of anilines is 1. The van der Waals surface area contributed by atoms with Gasteiger partial charge < -0.3 is 15.4 Å². The van der Waals surface area contributed by atoms with Gasteiger partial charge in [-0.3, -0.25) is 4.79 Å². The molecule has 1 rings (SSSR count). The van der Waals surface area contributed by atoms with Gasteiger partial charge in [0.15, 0.2) is 0 Å². The largest absolute Gasteiger partial charge is 0.461 e. The highest BCUT2D eigenvalue weighted by Gasteiger charge is 2.09. The van der Waals surface area contributed by atoms with E-state index in [9.17, 15) is 9.18 Å². The van der Waals surface area contributed by atoms with E-state index < -0.39 is 6.86 Å². The van der Waals surface area contributed by atoms with Crippen molar-refractivity contribution in [3.8, 4) is 18.1 Å². The van der Waals surface area contributed by atoms with Crippen molar-refractivity contribution < 1.29 is 13.9 Å². The molecule has 17 heavy (non-hydrogen) atoms. The van der Waals surface area contributed by atoms with Gasteiger partial charge in [-0.15, -0.1) is 6.42 Å². The molecule has 0 saturated heterocycles. The zero-order chi connectivity index (χ0) is 12.7. The molecule has 0 fully saturated rings. The van der Waals surface area contributed by atoms with Gasteiger partial charge in [0.05, 0.1) is 12.2 Å². The Bertz CT molecular complexity index is 441. The molecular formula is C12H13FN2O2. The van der Waals surface area contributed by atoms with Crippen molar-refractivity contribution in [2.24, 2.45) is 0 Å². The number of alkyl halides is 1. The highest BCUT2D eigenvalue weighted by molar-refractivity contribution is 5.95. The van der Waals surface area contributed by atoms with Crippen LogP contribution in [-0.4, -0.2) is 26.4 Å². The third-order valence-electron chi connectivity index (χ3n) is 2.06. The lowest BCUT2D eigenvalue weighted by molar-refractivity contribution is 0.0962. The van der Waals surface area contributed by atoms with Crippen molar-refractivity contribution in [2.75, 3.05) is 25.8 Å². The summed E-state index contributed by atoms with van der Waals surface area (Å²) in [6, 6.07) is 4.67. The molecule has 1 aromatic rings. The summed E-state index contributed by atoms with van der Waals surface area (Å²) in [7, 11) is 1.52. The maximum atomic E-state index is 12.2. The summed E-state index contributed by atoms with van der Waals surface area (Å²) in [6.07, 6.45) is 5.11. The lowest BCUT2D eigenvalue weighted by atomic mass is 10.1. The topological polar surface area (TPSA) is 50.4 Å². The van der Waals surface area contributed by atoms with Crippen molar-refractivity contribution in [2.45, 2.75) is 0 Å². The van der Waals surface area contributed by atoms with Crippen LogP contribution in [0.1, 0.15) is 10.4 Å². The summed E-state index contributed by atoms with van der Waals surface area (Å²) in [5.41, 5.74) is 0.940. The van der Waals surface area contributed by atoms with Crippen molar-refractivity contribution >= 4 is 11.6 Å². The first-order chi connectivity index (χ1) is 8.22. The predicted molar refractivity (Wildman–Crippen MR) is 63.8 cm³/mol. The Balaban J connectivity index is 2.99. The number of ether oxygens (including phenoxy) is 1. The highest BCUT2D eigenvalue weighted by atomic mass is 19.1. The predicted octanol–water partition coefficient (Wildman–Crippen LogP) is 1.40. The molecule has 1 aromatic carbocycles. The summed E-state index contributed by atoms with van der Waals surface area (Å²) in [5, 5.41) is 5.34. The van der Waals surface area contributed by atoms with E-state index in [2.05, 4.69) is 16.6 Å². The second kappa shape index (κ2) is 6.38. The normalized spacial score (nSPS) is 9.24. The van der Waals surface area contributed by atoms with E-state index in [-0.39, 0.29) is 11.7 Å². The third-order valence-corrected chi connectivity index (χ3v) is 2.06. The van der Waals surface area contributed by atoms with Gasteiger partial charge in [0.1, 0.15) is 5.75 Å². The molecule has 0 radical (unpaired) electrons. The quantitative estimate of drug-likeness (QED) is 0.760. The van der Waals surface area contributed by atoms with Gasteiger partial charge in [-0.2, -0.15) is 0 Å². The van der Waals surface area contributed by atoms with Crippen LogP contribution in [0.25, 0.3) is 0 Å². The van der Waals surface area contributed by atoms with E-state index in [1.165, 1.54) is 13.1 Å². The number of benzene rings is 1. The molecule has 4 nitrogen and oxygen atoms in total. The van der Waals surface area contributed by atoms with E-state index in [1.807, 2.05) is 0 Å². The molecule has 2 N–H and O–H groups in total. The van der Waals surface area contributed by atoms with Gasteiger partial charge in [-0.05, 0) is 18.2 Å². The molecule has 1 amide bonds. The monoisotopic (exact) mass is 236 g/mol. The van der Waals surface area contributed by atoms with Crippen LogP contribution in [-0.2, 0) is 0 Å².